The van der Waals surface area contributed by atoms with Crippen molar-refractivity contribution in [3.8, 4) is 16.9 Å². The molecule has 1 heterocycles. The first-order chi connectivity index (χ1) is 10.8. The van der Waals surface area contributed by atoms with Gasteiger partial charge in [0.25, 0.3) is 0 Å². The van der Waals surface area contributed by atoms with Gasteiger partial charge in [0, 0.05) is 5.56 Å². The Hall–Kier alpha value is -1.57. The second-order valence-corrected chi connectivity index (χ2v) is 9.21. The summed E-state index contributed by atoms with van der Waals surface area (Å²) in [7, 11) is -3.19. The molecule has 0 bridgehead atoms. The van der Waals surface area contributed by atoms with E-state index in [2.05, 4.69) is 38.1 Å². The fourth-order valence-electron chi connectivity index (χ4n) is 3.17. The molecule has 23 heavy (non-hydrogen) atoms. The molecule has 0 N–H and O–H groups in total. The number of rotatable bonds is 3. The first-order valence-electron chi connectivity index (χ1n) is 7.94. The molecule has 0 fully saturated rings. The number of aryl methyl sites for hydroxylation is 2. The summed E-state index contributed by atoms with van der Waals surface area (Å²) in [6.45, 7) is 10.2. The molecule has 1 aliphatic rings. The van der Waals surface area contributed by atoms with Gasteiger partial charge in [0.15, 0.2) is 0 Å². The van der Waals surface area contributed by atoms with Crippen molar-refractivity contribution in [3.05, 3.63) is 53.1 Å². The summed E-state index contributed by atoms with van der Waals surface area (Å²) >= 11 is 0. The summed E-state index contributed by atoms with van der Waals surface area (Å²) in [5, 5.41) is -0.626. The summed E-state index contributed by atoms with van der Waals surface area (Å²) in [6.07, 6.45) is 0. The Labute approximate surface area is 138 Å². The van der Waals surface area contributed by atoms with E-state index in [1.807, 2.05) is 32.9 Å². The lowest BCUT2D eigenvalue weighted by molar-refractivity contribution is 0.270. The lowest BCUT2D eigenvalue weighted by Gasteiger charge is -2.24. The van der Waals surface area contributed by atoms with Gasteiger partial charge in [0.1, 0.15) is 10.9 Å². The summed E-state index contributed by atoms with van der Waals surface area (Å²) in [4.78, 5) is 0. The van der Waals surface area contributed by atoms with Gasteiger partial charge >= 0.3 is 7.60 Å². The Bertz CT molecular complexity index is 788. The van der Waals surface area contributed by atoms with Crippen LogP contribution >= 0.6 is 7.60 Å². The maximum Gasteiger partial charge on any atom is 0.389 e. The highest BCUT2D eigenvalue weighted by Crippen LogP contribution is 2.70. The molecule has 1 aliphatic heterocycles. The van der Waals surface area contributed by atoms with Gasteiger partial charge in [-0.1, -0.05) is 41.5 Å². The zero-order valence-electron chi connectivity index (χ0n) is 14.3. The molecular weight excluding hydrogens is 307 g/mol. The highest BCUT2D eigenvalue weighted by Gasteiger charge is 2.53. The monoisotopic (exact) mass is 330 g/mol. The second-order valence-electron chi connectivity index (χ2n) is 6.65. The van der Waals surface area contributed by atoms with Gasteiger partial charge in [0.2, 0.25) is 0 Å². The van der Waals surface area contributed by atoms with Crippen LogP contribution < -0.4 is 4.52 Å². The standard InChI is InChI=1S/C19H23O3P/c1-6-21-23(20)19(4,5)17-8-7-15(12-18(17)22-23)16-10-13(2)9-14(3)11-16/h7-12H,6H2,1-5H3. The van der Waals surface area contributed by atoms with Crippen LogP contribution in [0.5, 0.6) is 5.75 Å². The molecule has 0 saturated heterocycles. The highest BCUT2D eigenvalue weighted by atomic mass is 31.2. The third kappa shape index (κ3) is 2.62. The van der Waals surface area contributed by atoms with Crippen LogP contribution in [0.25, 0.3) is 11.1 Å². The number of fused-ring (bicyclic) bond motifs is 1. The van der Waals surface area contributed by atoms with E-state index in [1.165, 1.54) is 11.1 Å². The minimum absolute atomic E-state index is 0.374. The minimum Gasteiger partial charge on any atom is -0.423 e. The smallest absolute Gasteiger partial charge is 0.389 e. The van der Waals surface area contributed by atoms with Gasteiger partial charge in [-0.25, -0.2) is 4.57 Å². The Balaban J connectivity index is 2.08. The van der Waals surface area contributed by atoms with Gasteiger partial charge in [-0.2, -0.15) is 0 Å². The van der Waals surface area contributed by atoms with E-state index < -0.39 is 12.8 Å². The van der Waals surface area contributed by atoms with Crippen LogP contribution in [0, 0.1) is 13.8 Å². The topological polar surface area (TPSA) is 35.5 Å². The molecule has 2 aromatic carbocycles. The normalized spacial score (nSPS) is 21.8. The summed E-state index contributed by atoms with van der Waals surface area (Å²) < 4.78 is 24.3. The largest absolute Gasteiger partial charge is 0.423 e. The molecule has 0 amide bonds. The third-order valence-electron chi connectivity index (χ3n) is 4.40. The van der Waals surface area contributed by atoms with Crippen LogP contribution in [0.4, 0.5) is 0 Å². The van der Waals surface area contributed by atoms with E-state index in [-0.39, 0.29) is 0 Å². The zero-order valence-corrected chi connectivity index (χ0v) is 15.2. The summed E-state index contributed by atoms with van der Waals surface area (Å²) in [5.41, 5.74) is 5.60. The van der Waals surface area contributed by atoms with Crippen molar-refractivity contribution in [3.63, 3.8) is 0 Å². The van der Waals surface area contributed by atoms with Crippen molar-refractivity contribution < 1.29 is 13.6 Å². The molecule has 2 aromatic rings. The summed E-state index contributed by atoms with van der Waals surface area (Å²) in [5.74, 6) is 0.670. The Morgan fingerprint density at radius 2 is 1.70 bits per heavy atom. The average molecular weight is 330 g/mol. The Morgan fingerprint density at radius 1 is 1.04 bits per heavy atom. The molecule has 0 saturated carbocycles. The minimum atomic E-state index is -3.19. The Morgan fingerprint density at radius 3 is 2.30 bits per heavy atom. The quantitative estimate of drug-likeness (QED) is 0.664. The maximum absolute atomic E-state index is 13.0. The van der Waals surface area contributed by atoms with E-state index >= 15 is 0 Å². The molecule has 4 heteroatoms. The fraction of sp³-hybridized carbons (Fsp3) is 0.368. The lowest BCUT2D eigenvalue weighted by Crippen LogP contribution is -2.15. The lowest BCUT2D eigenvalue weighted by atomic mass is 9.95. The van der Waals surface area contributed by atoms with Crippen molar-refractivity contribution in [2.24, 2.45) is 0 Å². The predicted molar refractivity (Wildman–Crippen MR) is 94.2 cm³/mol. The van der Waals surface area contributed by atoms with Gasteiger partial charge in [-0.3, -0.25) is 4.52 Å². The van der Waals surface area contributed by atoms with Crippen molar-refractivity contribution in [1.82, 2.24) is 0 Å². The molecule has 1 atom stereocenters. The Kier molecular flexibility index (Phi) is 3.90. The van der Waals surface area contributed by atoms with Crippen molar-refractivity contribution in [1.29, 1.82) is 0 Å². The van der Waals surface area contributed by atoms with Gasteiger partial charge in [-0.05, 0) is 51.8 Å². The van der Waals surface area contributed by atoms with E-state index in [0.717, 1.165) is 16.7 Å². The molecular formula is C19H23O3P. The zero-order chi connectivity index (χ0) is 16.8. The van der Waals surface area contributed by atoms with Crippen molar-refractivity contribution in [2.45, 2.75) is 39.8 Å². The van der Waals surface area contributed by atoms with E-state index in [9.17, 15) is 4.57 Å². The molecule has 0 aromatic heterocycles. The van der Waals surface area contributed by atoms with E-state index in [0.29, 0.717) is 12.4 Å². The van der Waals surface area contributed by atoms with Crippen LogP contribution in [0.1, 0.15) is 37.5 Å². The van der Waals surface area contributed by atoms with Gasteiger partial charge in [-0.15, -0.1) is 0 Å². The van der Waals surface area contributed by atoms with Crippen molar-refractivity contribution >= 4 is 7.60 Å². The molecule has 3 nitrogen and oxygen atoms in total. The third-order valence-corrected chi connectivity index (χ3v) is 7.04. The molecule has 3 rings (SSSR count). The number of hydrogen-bond donors (Lipinski definition) is 0. The SMILES string of the molecule is CCOP1(=O)Oc2cc(-c3cc(C)cc(C)c3)ccc2C1(C)C. The second kappa shape index (κ2) is 5.51. The average Bonchev–Trinajstić information content (AvgIpc) is 2.64. The maximum atomic E-state index is 13.0. The van der Waals surface area contributed by atoms with Gasteiger partial charge < -0.3 is 4.52 Å². The van der Waals surface area contributed by atoms with Crippen LogP contribution in [-0.2, 0) is 14.2 Å². The highest BCUT2D eigenvalue weighted by molar-refractivity contribution is 7.56. The molecule has 0 spiro atoms. The van der Waals surface area contributed by atoms with Crippen LogP contribution in [0.15, 0.2) is 36.4 Å². The molecule has 0 radical (unpaired) electrons. The van der Waals surface area contributed by atoms with E-state index in [4.69, 9.17) is 9.05 Å². The van der Waals surface area contributed by atoms with Crippen LogP contribution in [-0.4, -0.2) is 6.61 Å². The first kappa shape index (κ1) is 16.3. The predicted octanol–water partition coefficient (Wildman–Crippen LogP) is 5.83. The van der Waals surface area contributed by atoms with Crippen LogP contribution in [0.3, 0.4) is 0 Å². The first-order valence-corrected chi connectivity index (χ1v) is 9.48. The molecule has 122 valence electrons. The number of benzene rings is 2. The number of hydrogen-bond acceptors (Lipinski definition) is 3. The fourth-order valence-corrected chi connectivity index (χ4v) is 5.01. The van der Waals surface area contributed by atoms with Crippen LogP contribution in [0.2, 0.25) is 0 Å². The molecule has 0 aliphatic carbocycles. The van der Waals surface area contributed by atoms with Crippen molar-refractivity contribution in [2.75, 3.05) is 6.61 Å². The summed E-state index contributed by atoms with van der Waals surface area (Å²) in [6, 6.07) is 12.5. The molecule has 1 unspecified atom stereocenters. The van der Waals surface area contributed by atoms with E-state index in [1.54, 1.807) is 0 Å². The van der Waals surface area contributed by atoms with Gasteiger partial charge in [0.05, 0.1) is 6.61 Å².